The topological polar surface area (TPSA) is 90.8 Å². The number of para-hydroxylation sites is 1. The Balaban J connectivity index is 1.70. The van der Waals surface area contributed by atoms with Crippen molar-refractivity contribution < 1.29 is 14.7 Å². The molecule has 0 saturated carbocycles. The highest BCUT2D eigenvalue weighted by Gasteiger charge is 2.06. The zero-order valence-corrected chi connectivity index (χ0v) is 12.4. The van der Waals surface area contributed by atoms with Crippen LogP contribution >= 0.6 is 0 Å². The maximum atomic E-state index is 11.7. The lowest BCUT2D eigenvalue weighted by Crippen LogP contribution is -2.20. The fourth-order valence-corrected chi connectivity index (χ4v) is 1.77. The number of nitrogens with one attached hydrogen (secondary N) is 2. The molecule has 0 unspecified atom stereocenters. The van der Waals surface area contributed by atoms with Crippen LogP contribution in [0.3, 0.4) is 0 Å². The molecule has 2 aromatic carbocycles. The monoisotopic (exact) mass is 311 g/mol. The highest BCUT2D eigenvalue weighted by molar-refractivity contribution is 5.93. The van der Waals surface area contributed by atoms with Gasteiger partial charge in [-0.05, 0) is 42.0 Å². The van der Waals surface area contributed by atoms with E-state index in [0.717, 1.165) is 5.56 Å². The first kappa shape index (κ1) is 16.2. The van der Waals surface area contributed by atoms with E-state index >= 15 is 0 Å². The molecule has 23 heavy (non-hydrogen) atoms. The second-order valence-corrected chi connectivity index (χ2v) is 4.80. The average molecular weight is 311 g/mol. The normalized spacial score (nSPS) is 10.4. The van der Waals surface area contributed by atoms with Crippen molar-refractivity contribution in [2.45, 2.75) is 12.8 Å². The Hall–Kier alpha value is -3.15. The van der Waals surface area contributed by atoms with Crippen molar-refractivity contribution in [3.63, 3.8) is 0 Å². The van der Waals surface area contributed by atoms with E-state index in [-0.39, 0.29) is 30.4 Å². The molecule has 6 heteroatoms. The van der Waals surface area contributed by atoms with Crippen molar-refractivity contribution in [1.82, 2.24) is 5.43 Å². The summed E-state index contributed by atoms with van der Waals surface area (Å²) < 4.78 is 0. The zero-order valence-electron chi connectivity index (χ0n) is 12.4. The summed E-state index contributed by atoms with van der Waals surface area (Å²) in [6, 6.07) is 15.4. The molecule has 0 heterocycles. The van der Waals surface area contributed by atoms with E-state index in [1.165, 1.54) is 18.3 Å². The summed E-state index contributed by atoms with van der Waals surface area (Å²) >= 11 is 0. The summed E-state index contributed by atoms with van der Waals surface area (Å²) in [5.41, 5.74) is 3.79. The molecule has 2 aromatic rings. The molecule has 0 atom stereocenters. The Bertz CT molecular complexity index is 682. The number of rotatable bonds is 6. The lowest BCUT2D eigenvalue weighted by Gasteiger charge is -2.04. The molecule has 0 fully saturated rings. The molecule has 2 amide bonds. The predicted octanol–water partition coefficient (Wildman–Crippen LogP) is 2.26. The number of hydrogen-bond donors (Lipinski definition) is 3. The van der Waals surface area contributed by atoms with Crippen LogP contribution in [0, 0.1) is 0 Å². The van der Waals surface area contributed by atoms with Gasteiger partial charge in [0.25, 0.3) is 0 Å². The van der Waals surface area contributed by atoms with Gasteiger partial charge in [0.05, 0.1) is 6.21 Å². The van der Waals surface area contributed by atoms with Crippen LogP contribution in [0.15, 0.2) is 59.7 Å². The van der Waals surface area contributed by atoms with Crippen LogP contribution < -0.4 is 10.7 Å². The molecule has 118 valence electrons. The van der Waals surface area contributed by atoms with Gasteiger partial charge >= 0.3 is 0 Å². The largest absolute Gasteiger partial charge is 0.508 e. The summed E-state index contributed by atoms with van der Waals surface area (Å²) in [5, 5.41) is 15.6. The molecule has 0 bridgehead atoms. The number of carbonyl (C=O) groups is 2. The summed E-state index contributed by atoms with van der Waals surface area (Å²) in [4.78, 5) is 23.3. The standard InChI is InChI=1S/C17H17N3O3/c21-15-8-6-13(7-9-15)12-18-20-17(23)11-10-16(22)19-14-4-2-1-3-5-14/h1-9,12,21H,10-11H2,(H,19,22)(H,20,23). The third-order valence-electron chi connectivity index (χ3n) is 2.93. The van der Waals surface area contributed by atoms with Crippen molar-refractivity contribution in [2.75, 3.05) is 5.32 Å². The van der Waals surface area contributed by atoms with Crippen LogP contribution in [0.4, 0.5) is 5.69 Å². The molecular weight excluding hydrogens is 294 g/mol. The van der Waals surface area contributed by atoms with Crippen LogP contribution in [0.25, 0.3) is 0 Å². The molecule has 0 spiro atoms. The van der Waals surface area contributed by atoms with Gasteiger partial charge in [-0.3, -0.25) is 9.59 Å². The van der Waals surface area contributed by atoms with Crippen molar-refractivity contribution in [3.05, 3.63) is 60.2 Å². The molecular formula is C17H17N3O3. The molecule has 0 aliphatic rings. The molecule has 0 radical (unpaired) electrons. The van der Waals surface area contributed by atoms with Crippen molar-refractivity contribution in [1.29, 1.82) is 0 Å². The van der Waals surface area contributed by atoms with E-state index in [2.05, 4.69) is 15.8 Å². The maximum Gasteiger partial charge on any atom is 0.240 e. The summed E-state index contributed by atoms with van der Waals surface area (Å²) in [6.45, 7) is 0. The van der Waals surface area contributed by atoms with Crippen molar-refractivity contribution >= 4 is 23.7 Å². The summed E-state index contributed by atoms with van der Waals surface area (Å²) in [7, 11) is 0. The smallest absolute Gasteiger partial charge is 0.240 e. The third-order valence-corrected chi connectivity index (χ3v) is 2.93. The minimum atomic E-state index is -0.344. The lowest BCUT2D eigenvalue weighted by molar-refractivity contribution is -0.124. The van der Waals surface area contributed by atoms with Gasteiger partial charge in [-0.25, -0.2) is 5.43 Å². The highest BCUT2D eigenvalue weighted by atomic mass is 16.3. The molecule has 0 aliphatic carbocycles. The lowest BCUT2D eigenvalue weighted by atomic mass is 10.2. The van der Waals surface area contributed by atoms with Crippen molar-refractivity contribution in [2.24, 2.45) is 5.10 Å². The van der Waals surface area contributed by atoms with Gasteiger partial charge in [-0.2, -0.15) is 5.10 Å². The summed E-state index contributed by atoms with van der Waals surface area (Å²) in [6.07, 6.45) is 1.59. The number of anilines is 1. The molecule has 0 aliphatic heterocycles. The molecule has 2 rings (SSSR count). The molecule has 3 N–H and O–H groups in total. The number of hydrogen-bond acceptors (Lipinski definition) is 4. The number of hydrazone groups is 1. The molecule has 0 saturated heterocycles. The van der Waals surface area contributed by atoms with Gasteiger partial charge in [-0.15, -0.1) is 0 Å². The third kappa shape index (κ3) is 6.01. The SMILES string of the molecule is O=C(CCC(=O)Nc1ccccc1)NN=Cc1ccc(O)cc1. The van der Waals surface area contributed by atoms with E-state index in [1.54, 1.807) is 24.3 Å². The number of phenolic OH excluding ortho intramolecular Hbond substituents is 1. The number of phenols is 1. The first-order chi connectivity index (χ1) is 11.1. The average Bonchev–Trinajstić information content (AvgIpc) is 2.56. The van der Waals surface area contributed by atoms with Gasteiger partial charge < -0.3 is 10.4 Å². The number of nitrogens with zero attached hydrogens (tertiary/aromatic N) is 1. The van der Waals surface area contributed by atoms with Crippen LogP contribution in [-0.2, 0) is 9.59 Å². The van der Waals surface area contributed by atoms with E-state index in [9.17, 15) is 9.59 Å². The molecule has 6 nitrogen and oxygen atoms in total. The van der Waals surface area contributed by atoms with Gasteiger partial charge in [0.1, 0.15) is 5.75 Å². The minimum Gasteiger partial charge on any atom is -0.508 e. The van der Waals surface area contributed by atoms with Crippen LogP contribution in [0.1, 0.15) is 18.4 Å². The minimum absolute atomic E-state index is 0.0472. The zero-order chi connectivity index (χ0) is 16.5. The van der Waals surface area contributed by atoms with Crippen LogP contribution in [-0.4, -0.2) is 23.1 Å². The molecule has 0 aromatic heterocycles. The Labute approximate surface area is 133 Å². The van der Waals surface area contributed by atoms with E-state index in [4.69, 9.17) is 5.11 Å². The van der Waals surface area contributed by atoms with Crippen LogP contribution in [0.5, 0.6) is 5.75 Å². The number of amides is 2. The van der Waals surface area contributed by atoms with E-state index in [1.807, 2.05) is 18.2 Å². The number of carbonyl (C=O) groups excluding carboxylic acids is 2. The first-order valence-electron chi connectivity index (χ1n) is 7.09. The number of benzene rings is 2. The van der Waals surface area contributed by atoms with Gasteiger partial charge in [0.15, 0.2) is 0 Å². The second-order valence-electron chi connectivity index (χ2n) is 4.80. The van der Waals surface area contributed by atoms with Crippen LogP contribution in [0.2, 0.25) is 0 Å². The van der Waals surface area contributed by atoms with Gasteiger partial charge in [-0.1, -0.05) is 18.2 Å². The maximum absolute atomic E-state index is 11.7. The van der Waals surface area contributed by atoms with Gasteiger partial charge in [0.2, 0.25) is 11.8 Å². The highest BCUT2D eigenvalue weighted by Crippen LogP contribution is 2.08. The second kappa shape index (κ2) is 8.33. The fourth-order valence-electron chi connectivity index (χ4n) is 1.77. The Morgan fingerprint density at radius 1 is 0.957 bits per heavy atom. The Kier molecular flexibility index (Phi) is 5.88. The van der Waals surface area contributed by atoms with E-state index in [0.29, 0.717) is 5.69 Å². The predicted molar refractivity (Wildman–Crippen MR) is 88.1 cm³/mol. The fraction of sp³-hybridized carbons (Fsp3) is 0.118. The van der Waals surface area contributed by atoms with Gasteiger partial charge in [0, 0.05) is 18.5 Å². The first-order valence-corrected chi connectivity index (χ1v) is 7.09. The quantitative estimate of drug-likeness (QED) is 0.564. The Morgan fingerprint density at radius 3 is 2.30 bits per heavy atom. The number of aromatic hydroxyl groups is 1. The van der Waals surface area contributed by atoms with Crippen molar-refractivity contribution in [3.8, 4) is 5.75 Å². The summed E-state index contributed by atoms with van der Waals surface area (Å²) in [5.74, 6) is -0.410. The van der Waals surface area contributed by atoms with E-state index < -0.39 is 0 Å². The Morgan fingerprint density at radius 2 is 1.61 bits per heavy atom.